The van der Waals surface area contributed by atoms with Gasteiger partial charge in [0, 0.05) is 6.42 Å². The summed E-state index contributed by atoms with van der Waals surface area (Å²) in [6, 6.07) is 2.27. The summed E-state index contributed by atoms with van der Waals surface area (Å²) in [6.45, 7) is 0. The van der Waals surface area contributed by atoms with E-state index < -0.39 is 0 Å². The molecule has 2 fully saturated rings. The summed E-state index contributed by atoms with van der Waals surface area (Å²) >= 11 is 0. The lowest BCUT2D eigenvalue weighted by molar-refractivity contribution is 0.317. The Labute approximate surface area is 74.8 Å². The van der Waals surface area contributed by atoms with Crippen molar-refractivity contribution >= 4 is 0 Å². The van der Waals surface area contributed by atoms with Gasteiger partial charge in [-0.15, -0.1) is 0 Å². The van der Waals surface area contributed by atoms with Gasteiger partial charge in [0.05, 0.1) is 6.07 Å². The van der Waals surface area contributed by atoms with Crippen molar-refractivity contribution in [1.29, 1.82) is 5.26 Å². The highest BCUT2D eigenvalue weighted by Gasteiger charge is 2.36. The molecule has 0 aromatic heterocycles. The molecule has 2 aliphatic carbocycles. The summed E-state index contributed by atoms with van der Waals surface area (Å²) in [5.41, 5.74) is 0. The van der Waals surface area contributed by atoms with Gasteiger partial charge in [0.25, 0.3) is 0 Å². The van der Waals surface area contributed by atoms with E-state index in [1.807, 2.05) is 0 Å². The van der Waals surface area contributed by atoms with Gasteiger partial charge in [-0.25, -0.2) is 0 Å². The molecule has 0 saturated heterocycles. The summed E-state index contributed by atoms with van der Waals surface area (Å²) in [5.74, 6) is 2.95. The maximum Gasteiger partial charge on any atom is 0.0621 e. The van der Waals surface area contributed by atoms with Crippen molar-refractivity contribution in [3.8, 4) is 6.07 Å². The van der Waals surface area contributed by atoms with Crippen molar-refractivity contribution in [3.63, 3.8) is 0 Å². The zero-order valence-electron chi connectivity index (χ0n) is 7.63. The molecule has 0 aromatic rings. The first-order valence-corrected chi connectivity index (χ1v) is 5.27. The van der Waals surface area contributed by atoms with Gasteiger partial charge in [-0.2, -0.15) is 5.26 Å². The van der Waals surface area contributed by atoms with Crippen molar-refractivity contribution in [1.82, 2.24) is 0 Å². The molecule has 0 aromatic carbocycles. The maximum atomic E-state index is 8.52. The number of rotatable bonds is 2. The highest BCUT2D eigenvalue weighted by atomic mass is 14.4. The lowest BCUT2D eigenvalue weighted by Crippen LogP contribution is -2.08. The van der Waals surface area contributed by atoms with Gasteiger partial charge in [0.1, 0.15) is 0 Å². The predicted octanol–water partition coefficient (Wildman–Crippen LogP) is 3.12. The van der Waals surface area contributed by atoms with Crippen LogP contribution in [0.15, 0.2) is 0 Å². The normalized spacial score (nSPS) is 39.4. The minimum atomic E-state index is 0.786. The topological polar surface area (TPSA) is 23.8 Å². The fourth-order valence-electron chi connectivity index (χ4n) is 3.20. The molecule has 0 spiro atoms. The Hall–Kier alpha value is -0.510. The number of fused-ring (bicyclic) bond motifs is 2. The minimum absolute atomic E-state index is 0.786. The summed E-state index contributed by atoms with van der Waals surface area (Å²) in [7, 11) is 0. The maximum absolute atomic E-state index is 8.52. The van der Waals surface area contributed by atoms with E-state index in [1.165, 1.54) is 38.5 Å². The molecule has 3 atom stereocenters. The van der Waals surface area contributed by atoms with Crippen LogP contribution in [0.25, 0.3) is 0 Å². The van der Waals surface area contributed by atoms with E-state index in [1.54, 1.807) is 0 Å². The van der Waals surface area contributed by atoms with Gasteiger partial charge in [0.2, 0.25) is 0 Å². The molecule has 12 heavy (non-hydrogen) atoms. The van der Waals surface area contributed by atoms with Crippen molar-refractivity contribution in [2.75, 3.05) is 0 Å². The van der Waals surface area contributed by atoms with Crippen molar-refractivity contribution in [3.05, 3.63) is 0 Å². The second-order valence-corrected chi connectivity index (χ2v) is 4.49. The second-order valence-electron chi connectivity index (χ2n) is 4.49. The van der Waals surface area contributed by atoms with Crippen LogP contribution in [0.5, 0.6) is 0 Å². The van der Waals surface area contributed by atoms with Crippen LogP contribution in [0.4, 0.5) is 0 Å². The molecule has 66 valence electrons. The Morgan fingerprint density at radius 3 is 2.92 bits per heavy atom. The molecule has 1 nitrogen and oxygen atoms in total. The van der Waals surface area contributed by atoms with Crippen molar-refractivity contribution in [2.45, 2.75) is 44.9 Å². The number of nitriles is 1. The predicted molar refractivity (Wildman–Crippen MR) is 48.4 cm³/mol. The van der Waals surface area contributed by atoms with Crippen LogP contribution in [-0.2, 0) is 0 Å². The average Bonchev–Trinajstić information content (AvgIpc) is 2.38. The van der Waals surface area contributed by atoms with Crippen LogP contribution in [0.2, 0.25) is 0 Å². The third-order valence-electron chi connectivity index (χ3n) is 3.75. The second kappa shape index (κ2) is 3.47. The number of nitrogens with zero attached hydrogens (tertiary/aromatic N) is 1. The largest absolute Gasteiger partial charge is 0.198 e. The molecule has 0 amide bonds. The molecular weight excluding hydrogens is 146 g/mol. The first kappa shape index (κ1) is 8.10. The summed E-state index contributed by atoms with van der Waals surface area (Å²) in [4.78, 5) is 0. The van der Waals surface area contributed by atoms with E-state index >= 15 is 0 Å². The zero-order chi connectivity index (χ0) is 8.39. The molecule has 2 aliphatic rings. The van der Waals surface area contributed by atoms with Crippen LogP contribution in [0.1, 0.15) is 44.9 Å². The molecule has 1 heteroatoms. The first-order valence-electron chi connectivity index (χ1n) is 5.27. The molecule has 2 rings (SSSR count). The standard InChI is InChI=1S/C11H17N/c12-6-2-5-11-8-9-3-1-4-10(11)7-9/h9-11H,1-5,7-8H2. The highest BCUT2D eigenvalue weighted by Crippen LogP contribution is 2.47. The lowest BCUT2D eigenvalue weighted by Gasteiger charge is -2.20. The molecular formula is C11H17N. The van der Waals surface area contributed by atoms with E-state index in [9.17, 15) is 0 Å². The third-order valence-corrected chi connectivity index (χ3v) is 3.75. The van der Waals surface area contributed by atoms with E-state index in [2.05, 4.69) is 6.07 Å². The summed E-state index contributed by atoms with van der Waals surface area (Å²) in [5, 5.41) is 8.52. The van der Waals surface area contributed by atoms with E-state index in [0.29, 0.717) is 0 Å². The monoisotopic (exact) mass is 163 g/mol. The van der Waals surface area contributed by atoms with Gasteiger partial charge >= 0.3 is 0 Å². The van der Waals surface area contributed by atoms with Gasteiger partial charge in [-0.1, -0.05) is 19.3 Å². The third kappa shape index (κ3) is 1.48. The molecule has 0 radical (unpaired) electrons. The van der Waals surface area contributed by atoms with Crippen LogP contribution in [0.3, 0.4) is 0 Å². The van der Waals surface area contributed by atoms with Gasteiger partial charge in [-0.3, -0.25) is 0 Å². The van der Waals surface area contributed by atoms with Gasteiger partial charge in [0.15, 0.2) is 0 Å². The highest BCUT2D eigenvalue weighted by molar-refractivity contribution is 4.88. The Kier molecular flexibility index (Phi) is 2.35. The summed E-state index contributed by atoms with van der Waals surface area (Å²) < 4.78 is 0. The van der Waals surface area contributed by atoms with E-state index in [0.717, 1.165) is 24.2 Å². The Bertz CT molecular complexity index is 192. The lowest BCUT2D eigenvalue weighted by atomic mass is 9.86. The van der Waals surface area contributed by atoms with Gasteiger partial charge < -0.3 is 0 Å². The van der Waals surface area contributed by atoms with Crippen molar-refractivity contribution in [2.24, 2.45) is 17.8 Å². The van der Waals surface area contributed by atoms with E-state index in [4.69, 9.17) is 5.26 Å². The first-order chi connectivity index (χ1) is 5.90. The Morgan fingerprint density at radius 2 is 2.17 bits per heavy atom. The number of hydrogen-bond acceptors (Lipinski definition) is 1. The summed E-state index contributed by atoms with van der Waals surface area (Å²) in [6.07, 6.45) is 9.26. The minimum Gasteiger partial charge on any atom is -0.198 e. The molecule has 0 aliphatic heterocycles. The van der Waals surface area contributed by atoms with Crippen LogP contribution in [0, 0.1) is 29.1 Å². The van der Waals surface area contributed by atoms with Crippen LogP contribution in [-0.4, -0.2) is 0 Å². The quantitative estimate of drug-likeness (QED) is 0.613. The van der Waals surface area contributed by atoms with Gasteiger partial charge in [-0.05, 0) is 37.0 Å². The Balaban J connectivity index is 1.87. The zero-order valence-corrected chi connectivity index (χ0v) is 7.63. The SMILES string of the molecule is N#CCCC1CC2CCCC1C2. The van der Waals surface area contributed by atoms with Crippen molar-refractivity contribution < 1.29 is 0 Å². The fraction of sp³-hybridized carbons (Fsp3) is 0.909. The smallest absolute Gasteiger partial charge is 0.0621 e. The fourth-order valence-corrected chi connectivity index (χ4v) is 3.20. The molecule has 2 bridgehead atoms. The van der Waals surface area contributed by atoms with E-state index in [-0.39, 0.29) is 0 Å². The molecule has 3 unspecified atom stereocenters. The average molecular weight is 163 g/mol. The molecule has 2 saturated carbocycles. The molecule has 0 heterocycles. The van der Waals surface area contributed by atoms with Crippen LogP contribution >= 0.6 is 0 Å². The Morgan fingerprint density at radius 1 is 1.25 bits per heavy atom. The van der Waals surface area contributed by atoms with Crippen LogP contribution < -0.4 is 0 Å². The molecule has 0 N–H and O–H groups in total. The number of hydrogen-bond donors (Lipinski definition) is 0.